The molecule has 0 atom stereocenters. The van der Waals surface area contributed by atoms with E-state index in [1.807, 2.05) is 66.4 Å². The Morgan fingerprint density at radius 1 is 0.900 bits per heavy atom. The van der Waals surface area contributed by atoms with Crippen molar-refractivity contribution in [1.82, 2.24) is 4.98 Å². The van der Waals surface area contributed by atoms with E-state index in [9.17, 15) is 4.79 Å². The molecule has 0 saturated carbocycles. The minimum Gasteiger partial charge on any atom is -0.436 e. The zero-order valence-electron chi connectivity index (χ0n) is 16.4. The van der Waals surface area contributed by atoms with Gasteiger partial charge in [-0.2, -0.15) is 0 Å². The molecule has 4 aromatic carbocycles. The average Bonchev–Trinajstić information content (AvgIpc) is 3.35. The zero-order valence-corrected chi connectivity index (χ0v) is 16.4. The number of amides is 1. The van der Waals surface area contributed by atoms with Crippen molar-refractivity contribution in [3.63, 3.8) is 0 Å². The van der Waals surface area contributed by atoms with E-state index in [-0.39, 0.29) is 5.91 Å². The van der Waals surface area contributed by atoms with E-state index in [2.05, 4.69) is 24.3 Å². The summed E-state index contributed by atoms with van der Waals surface area (Å²) in [6.07, 6.45) is 0. The number of carbonyl (C=O) groups excluding carboxylic acids is 1. The van der Waals surface area contributed by atoms with Gasteiger partial charge >= 0.3 is 0 Å². The van der Waals surface area contributed by atoms with E-state index in [1.165, 1.54) is 5.39 Å². The van der Waals surface area contributed by atoms with Gasteiger partial charge in [-0.05, 0) is 59.2 Å². The first-order chi connectivity index (χ1) is 14.7. The summed E-state index contributed by atoms with van der Waals surface area (Å²) in [5.74, 6) is 0.620. The van der Waals surface area contributed by atoms with Crippen LogP contribution in [-0.2, 0) is 6.54 Å². The molecule has 0 spiro atoms. The molecule has 0 saturated heterocycles. The highest BCUT2D eigenvalue weighted by atomic mass is 16.3. The molecule has 0 unspecified atom stereocenters. The molecular formula is C26H18N2O2. The van der Waals surface area contributed by atoms with Gasteiger partial charge < -0.3 is 9.32 Å². The molecule has 0 fully saturated rings. The first-order valence-corrected chi connectivity index (χ1v) is 9.97. The molecular weight excluding hydrogens is 372 g/mol. The topological polar surface area (TPSA) is 46.3 Å². The van der Waals surface area contributed by atoms with Crippen LogP contribution in [0, 0.1) is 6.92 Å². The summed E-state index contributed by atoms with van der Waals surface area (Å²) >= 11 is 0. The monoisotopic (exact) mass is 390 g/mol. The van der Waals surface area contributed by atoms with Gasteiger partial charge in [-0.15, -0.1) is 0 Å². The van der Waals surface area contributed by atoms with Crippen molar-refractivity contribution in [2.24, 2.45) is 0 Å². The first kappa shape index (κ1) is 17.0. The molecule has 0 N–H and O–H groups in total. The smallest absolute Gasteiger partial charge is 0.258 e. The molecule has 1 amide bonds. The third-order valence-corrected chi connectivity index (χ3v) is 5.79. The number of hydrogen-bond acceptors (Lipinski definition) is 3. The quantitative estimate of drug-likeness (QED) is 0.365. The Morgan fingerprint density at radius 3 is 2.57 bits per heavy atom. The molecule has 144 valence electrons. The summed E-state index contributed by atoms with van der Waals surface area (Å²) in [7, 11) is 0. The van der Waals surface area contributed by atoms with E-state index in [0.29, 0.717) is 12.4 Å². The predicted molar refractivity (Wildman–Crippen MR) is 119 cm³/mol. The van der Waals surface area contributed by atoms with Gasteiger partial charge in [0.25, 0.3) is 5.91 Å². The van der Waals surface area contributed by atoms with Crippen LogP contribution >= 0.6 is 0 Å². The molecule has 0 bridgehead atoms. The van der Waals surface area contributed by atoms with Crippen LogP contribution in [0.3, 0.4) is 0 Å². The second-order valence-corrected chi connectivity index (χ2v) is 7.74. The lowest BCUT2D eigenvalue weighted by molar-refractivity contribution is 0.0996. The fourth-order valence-corrected chi connectivity index (χ4v) is 4.25. The second-order valence-electron chi connectivity index (χ2n) is 7.74. The highest BCUT2D eigenvalue weighted by molar-refractivity contribution is 6.10. The highest BCUT2D eigenvalue weighted by Gasteiger charge is 2.28. The van der Waals surface area contributed by atoms with Crippen LogP contribution in [0.5, 0.6) is 0 Å². The van der Waals surface area contributed by atoms with Crippen molar-refractivity contribution < 1.29 is 9.21 Å². The molecule has 30 heavy (non-hydrogen) atoms. The van der Waals surface area contributed by atoms with Crippen LogP contribution < -0.4 is 4.90 Å². The van der Waals surface area contributed by atoms with Crippen molar-refractivity contribution in [3.05, 3.63) is 95.6 Å². The minimum absolute atomic E-state index is 0.0302. The Hall–Kier alpha value is -3.92. The normalized spacial score (nSPS) is 13.4. The lowest BCUT2D eigenvalue weighted by Crippen LogP contribution is -2.23. The number of aryl methyl sites for hydroxylation is 1. The maximum atomic E-state index is 12.9. The molecule has 1 aliphatic rings. The van der Waals surface area contributed by atoms with Crippen molar-refractivity contribution in [3.8, 4) is 11.5 Å². The van der Waals surface area contributed by atoms with Crippen LogP contribution in [0.2, 0.25) is 0 Å². The van der Waals surface area contributed by atoms with Gasteiger partial charge in [0.2, 0.25) is 5.89 Å². The van der Waals surface area contributed by atoms with Crippen LogP contribution in [0.4, 0.5) is 5.69 Å². The Labute approximate surface area is 173 Å². The number of oxazole rings is 1. The van der Waals surface area contributed by atoms with E-state index in [0.717, 1.165) is 44.4 Å². The second kappa shape index (κ2) is 6.29. The van der Waals surface area contributed by atoms with E-state index < -0.39 is 0 Å². The molecule has 1 aromatic heterocycles. The molecule has 0 aliphatic carbocycles. The van der Waals surface area contributed by atoms with Gasteiger partial charge in [-0.1, -0.05) is 48.5 Å². The molecule has 0 radical (unpaired) electrons. The number of carbonyl (C=O) groups is 1. The predicted octanol–water partition coefficient (Wildman–Crippen LogP) is 6.12. The number of nitrogens with zero attached hydrogens (tertiary/aromatic N) is 2. The van der Waals surface area contributed by atoms with Gasteiger partial charge in [0.15, 0.2) is 5.58 Å². The maximum absolute atomic E-state index is 12.9. The highest BCUT2D eigenvalue weighted by Crippen LogP contribution is 2.34. The lowest BCUT2D eigenvalue weighted by atomic mass is 10.1. The first-order valence-electron chi connectivity index (χ1n) is 9.97. The van der Waals surface area contributed by atoms with Gasteiger partial charge in [0.05, 0.1) is 6.54 Å². The van der Waals surface area contributed by atoms with Gasteiger partial charge in [-0.25, -0.2) is 4.98 Å². The molecule has 6 rings (SSSR count). The number of anilines is 1. The van der Waals surface area contributed by atoms with Crippen LogP contribution in [0.15, 0.2) is 83.3 Å². The van der Waals surface area contributed by atoms with Crippen molar-refractivity contribution in [1.29, 1.82) is 0 Å². The SMILES string of the molecule is Cc1cc(N2Cc3ccccc3C2=O)cc2nc(-c3ccc4ccccc4c3)oc12. The fourth-order valence-electron chi connectivity index (χ4n) is 4.25. The Bertz CT molecular complexity index is 1460. The van der Waals surface area contributed by atoms with Crippen molar-refractivity contribution in [2.75, 3.05) is 4.90 Å². The van der Waals surface area contributed by atoms with Crippen LogP contribution in [0.1, 0.15) is 21.5 Å². The third kappa shape index (κ3) is 2.54. The summed E-state index contributed by atoms with van der Waals surface area (Å²) in [5, 5.41) is 2.33. The van der Waals surface area contributed by atoms with E-state index >= 15 is 0 Å². The summed E-state index contributed by atoms with van der Waals surface area (Å²) in [4.78, 5) is 19.4. The van der Waals surface area contributed by atoms with Gasteiger partial charge in [0.1, 0.15) is 5.52 Å². The number of aromatic nitrogens is 1. The summed E-state index contributed by atoms with van der Waals surface area (Å²) in [6.45, 7) is 2.57. The van der Waals surface area contributed by atoms with Gasteiger partial charge in [-0.3, -0.25) is 4.79 Å². The Balaban J connectivity index is 1.43. The maximum Gasteiger partial charge on any atom is 0.258 e. The number of rotatable bonds is 2. The molecule has 5 aromatic rings. The molecule has 1 aliphatic heterocycles. The van der Waals surface area contributed by atoms with Crippen molar-refractivity contribution in [2.45, 2.75) is 13.5 Å². The Morgan fingerprint density at radius 2 is 1.70 bits per heavy atom. The largest absolute Gasteiger partial charge is 0.436 e. The third-order valence-electron chi connectivity index (χ3n) is 5.79. The summed E-state index contributed by atoms with van der Waals surface area (Å²) in [6, 6.07) is 26.2. The number of hydrogen-bond donors (Lipinski definition) is 0. The number of fused-ring (bicyclic) bond motifs is 3. The van der Waals surface area contributed by atoms with Crippen LogP contribution in [-0.4, -0.2) is 10.9 Å². The molecule has 4 nitrogen and oxygen atoms in total. The summed E-state index contributed by atoms with van der Waals surface area (Å²) in [5.41, 5.74) is 6.09. The van der Waals surface area contributed by atoms with E-state index in [1.54, 1.807) is 0 Å². The van der Waals surface area contributed by atoms with E-state index in [4.69, 9.17) is 9.40 Å². The zero-order chi connectivity index (χ0) is 20.2. The fraction of sp³-hybridized carbons (Fsp3) is 0.0769. The van der Waals surface area contributed by atoms with Gasteiger partial charge in [0, 0.05) is 16.8 Å². The Kier molecular flexibility index (Phi) is 3.56. The van der Waals surface area contributed by atoms with Crippen LogP contribution in [0.25, 0.3) is 33.3 Å². The molecule has 4 heteroatoms. The summed E-state index contributed by atoms with van der Waals surface area (Å²) < 4.78 is 6.13. The van der Waals surface area contributed by atoms with Crippen molar-refractivity contribution >= 4 is 33.5 Å². The standard InChI is InChI=1S/C26H18N2O2/c1-16-12-21(28-15-20-8-4-5-9-22(20)26(28)29)14-23-24(16)30-25(27-23)19-11-10-17-6-2-3-7-18(17)13-19/h2-14H,15H2,1H3. The molecule has 2 heterocycles. The number of benzene rings is 4. The lowest BCUT2D eigenvalue weighted by Gasteiger charge is -2.16. The minimum atomic E-state index is 0.0302. The average molecular weight is 390 g/mol.